The zero-order valence-electron chi connectivity index (χ0n) is 8.80. The standard InChI is InChI=1S/C13H8O3S/c14-11-7-9-6-10(8-4-2-1-3-5-8)17-12(9)13(15)16-11/h1-6H,7H2. The highest BCUT2D eigenvalue weighted by Crippen LogP contribution is 2.34. The minimum atomic E-state index is -0.525. The summed E-state index contributed by atoms with van der Waals surface area (Å²) in [7, 11) is 0. The molecule has 0 atom stereocenters. The van der Waals surface area contributed by atoms with Crippen molar-refractivity contribution in [1.82, 2.24) is 0 Å². The van der Waals surface area contributed by atoms with E-state index in [1.807, 2.05) is 36.4 Å². The summed E-state index contributed by atoms with van der Waals surface area (Å²) in [5, 5.41) is 0. The van der Waals surface area contributed by atoms with Crippen LogP contribution in [0.25, 0.3) is 10.4 Å². The van der Waals surface area contributed by atoms with Crippen LogP contribution in [0, 0.1) is 0 Å². The lowest BCUT2D eigenvalue weighted by molar-refractivity contribution is -0.137. The number of thiophene rings is 1. The van der Waals surface area contributed by atoms with E-state index >= 15 is 0 Å². The fourth-order valence-electron chi connectivity index (χ4n) is 1.82. The third-order valence-corrected chi connectivity index (χ3v) is 3.80. The van der Waals surface area contributed by atoms with Gasteiger partial charge in [-0.1, -0.05) is 30.3 Å². The Kier molecular flexibility index (Phi) is 2.30. The van der Waals surface area contributed by atoms with Crippen LogP contribution in [0.5, 0.6) is 0 Å². The molecule has 0 saturated heterocycles. The summed E-state index contributed by atoms with van der Waals surface area (Å²) in [6.45, 7) is 0. The maximum absolute atomic E-state index is 11.5. The van der Waals surface area contributed by atoms with Gasteiger partial charge in [0.05, 0.1) is 6.42 Å². The van der Waals surface area contributed by atoms with Crippen LogP contribution in [0.4, 0.5) is 0 Å². The molecular weight excluding hydrogens is 236 g/mol. The molecule has 0 bridgehead atoms. The van der Waals surface area contributed by atoms with E-state index in [0.717, 1.165) is 16.0 Å². The van der Waals surface area contributed by atoms with Crippen molar-refractivity contribution in [2.24, 2.45) is 0 Å². The largest absolute Gasteiger partial charge is 0.389 e. The number of carbonyl (C=O) groups is 2. The Morgan fingerprint density at radius 3 is 2.65 bits per heavy atom. The topological polar surface area (TPSA) is 43.4 Å². The molecule has 0 amide bonds. The van der Waals surface area contributed by atoms with Crippen LogP contribution >= 0.6 is 11.3 Å². The quantitative estimate of drug-likeness (QED) is 0.572. The van der Waals surface area contributed by atoms with Crippen LogP contribution in [-0.2, 0) is 16.0 Å². The molecule has 1 aliphatic rings. The van der Waals surface area contributed by atoms with Crippen LogP contribution in [0.15, 0.2) is 36.4 Å². The van der Waals surface area contributed by atoms with Crippen molar-refractivity contribution >= 4 is 23.3 Å². The average Bonchev–Trinajstić information content (AvgIpc) is 2.74. The van der Waals surface area contributed by atoms with Crippen molar-refractivity contribution in [3.8, 4) is 10.4 Å². The Hall–Kier alpha value is -1.94. The molecule has 1 aromatic carbocycles. The molecule has 84 valence electrons. The molecule has 17 heavy (non-hydrogen) atoms. The molecule has 0 N–H and O–H groups in total. The summed E-state index contributed by atoms with van der Waals surface area (Å²) in [4.78, 5) is 24.2. The Labute approximate surface area is 102 Å². The molecule has 4 heteroatoms. The highest BCUT2D eigenvalue weighted by molar-refractivity contribution is 7.17. The number of hydrogen-bond acceptors (Lipinski definition) is 4. The predicted molar refractivity (Wildman–Crippen MR) is 63.9 cm³/mol. The summed E-state index contributed by atoms with van der Waals surface area (Å²) in [6.07, 6.45) is 0.185. The molecule has 0 spiro atoms. The Morgan fingerprint density at radius 2 is 1.88 bits per heavy atom. The van der Waals surface area contributed by atoms with E-state index in [1.54, 1.807) is 0 Å². The van der Waals surface area contributed by atoms with E-state index in [4.69, 9.17) is 0 Å². The summed E-state index contributed by atoms with van der Waals surface area (Å²) in [5.41, 5.74) is 1.82. The van der Waals surface area contributed by atoms with Crippen molar-refractivity contribution < 1.29 is 14.3 Å². The second-order valence-electron chi connectivity index (χ2n) is 3.77. The third kappa shape index (κ3) is 1.76. The minimum absolute atomic E-state index is 0.185. The summed E-state index contributed by atoms with van der Waals surface area (Å²) in [6, 6.07) is 11.7. The second-order valence-corrected chi connectivity index (χ2v) is 4.82. The van der Waals surface area contributed by atoms with E-state index in [-0.39, 0.29) is 6.42 Å². The van der Waals surface area contributed by atoms with Gasteiger partial charge in [-0.2, -0.15) is 0 Å². The maximum atomic E-state index is 11.5. The van der Waals surface area contributed by atoms with Gasteiger partial charge in [0.15, 0.2) is 0 Å². The van der Waals surface area contributed by atoms with Gasteiger partial charge in [0.1, 0.15) is 4.88 Å². The van der Waals surface area contributed by atoms with Crippen molar-refractivity contribution in [2.45, 2.75) is 6.42 Å². The van der Waals surface area contributed by atoms with Crippen LogP contribution in [0.1, 0.15) is 15.2 Å². The molecule has 0 unspecified atom stereocenters. The number of ether oxygens (including phenoxy) is 1. The molecule has 1 aromatic heterocycles. The first kappa shape index (κ1) is 10.2. The monoisotopic (exact) mass is 244 g/mol. The molecule has 1 aliphatic heterocycles. The maximum Gasteiger partial charge on any atom is 0.356 e. The summed E-state index contributed by atoms with van der Waals surface area (Å²) in [5.74, 6) is -0.997. The zero-order chi connectivity index (χ0) is 11.8. The Morgan fingerprint density at radius 1 is 1.12 bits per heavy atom. The van der Waals surface area contributed by atoms with Crippen molar-refractivity contribution in [1.29, 1.82) is 0 Å². The third-order valence-electron chi connectivity index (χ3n) is 2.59. The average molecular weight is 244 g/mol. The molecule has 2 aromatic rings. The van der Waals surface area contributed by atoms with Crippen molar-refractivity contribution in [2.75, 3.05) is 0 Å². The number of cyclic esters (lactones) is 2. The van der Waals surface area contributed by atoms with Crippen molar-refractivity contribution in [3.05, 3.63) is 46.8 Å². The SMILES string of the molecule is O=C1Cc2cc(-c3ccccc3)sc2C(=O)O1. The van der Waals surface area contributed by atoms with Crippen LogP contribution in [-0.4, -0.2) is 11.9 Å². The normalized spacial score (nSPS) is 14.4. The first-order valence-electron chi connectivity index (χ1n) is 5.17. The molecule has 0 aliphatic carbocycles. The van der Waals surface area contributed by atoms with Gasteiger partial charge in [-0.25, -0.2) is 4.79 Å². The lowest BCUT2D eigenvalue weighted by Gasteiger charge is -2.07. The fourth-order valence-corrected chi connectivity index (χ4v) is 2.88. The second kappa shape index (κ2) is 3.82. The number of fused-ring (bicyclic) bond motifs is 1. The van der Waals surface area contributed by atoms with Gasteiger partial charge in [0.25, 0.3) is 0 Å². The van der Waals surface area contributed by atoms with E-state index in [0.29, 0.717) is 4.88 Å². The van der Waals surface area contributed by atoms with Gasteiger partial charge in [0, 0.05) is 4.88 Å². The number of rotatable bonds is 1. The van der Waals surface area contributed by atoms with E-state index in [2.05, 4.69) is 4.74 Å². The minimum Gasteiger partial charge on any atom is -0.389 e. The van der Waals surface area contributed by atoms with Gasteiger partial charge in [-0.3, -0.25) is 4.79 Å². The highest BCUT2D eigenvalue weighted by Gasteiger charge is 2.27. The molecule has 3 nitrogen and oxygen atoms in total. The zero-order valence-corrected chi connectivity index (χ0v) is 9.62. The first-order valence-corrected chi connectivity index (χ1v) is 5.99. The first-order chi connectivity index (χ1) is 8.24. The molecule has 0 fully saturated rings. The molecular formula is C13H8O3S. The molecule has 3 rings (SSSR count). The summed E-state index contributed by atoms with van der Waals surface area (Å²) >= 11 is 1.37. The number of hydrogen-bond donors (Lipinski definition) is 0. The predicted octanol–water partition coefficient (Wildman–Crippen LogP) is 2.65. The Bertz CT molecular complexity index is 598. The molecule has 2 heterocycles. The fraction of sp³-hybridized carbons (Fsp3) is 0.0769. The van der Waals surface area contributed by atoms with Crippen LogP contribution in [0.3, 0.4) is 0 Å². The van der Waals surface area contributed by atoms with Crippen molar-refractivity contribution in [3.63, 3.8) is 0 Å². The Balaban J connectivity index is 2.08. The molecule has 0 radical (unpaired) electrons. The molecule has 0 saturated carbocycles. The van der Waals surface area contributed by atoms with Gasteiger partial charge in [0.2, 0.25) is 0 Å². The van der Waals surface area contributed by atoms with E-state index < -0.39 is 11.9 Å². The lowest BCUT2D eigenvalue weighted by atomic mass is 10.1. The van der Waals surface area contributed by atoms with Gasteiger partial charge < -0.3 is 4.74 Å². The van der Waals surface area contributed by atoms with Crippen LogP contribution < -0.4 is 0 Å². The van der Waals surface area contributed by atoms with E-state index in [1.165, 1.54) is 11.3 Å². The number of benzene rings is 1. The van der Waals surface area contributed by atoms with Gasteiger partial charge in [-0.15, -0.1) is 11.3 Å². The van der Waals surface area contributed by atoms with Gasteiger partial charge in [-0.05, 0) is 17.2 Å². The summed E-state index contributed by atoms with van der Waals surface area (Å²) < 4.78 is 4.59. The van der Waals surface area contributed by atoms with Gasteiger partial charge >= 0.3 is 11.9 Å². The van der Waals surface area contributed by atoms with E-state index in [9.17, 15) is 9.59 Å². The van der Waals surface area contributed by atoms with Crippen LogP contribution in [0.2, 0.25) is 0 Å². The number of carbonyl (C=O) groups excluding carboxylic acids is 2. The number of esters is 2. The highest BCUT2D eigenvalue weighted by atomic mass is 32.1. The smallest absolute Gasteiger partial charge is 0.356 e. The lowest BCUT2D eigenvalue weighted by Crippen LogP contribution is -2.20.